The fourth-order valence-corrected chi connectivity index (χ4v) is 2.16. The molecule has 0 saturated heterocycles. The van der Waals surface area contributed by atoms with Gasteiger partial charge in [-0.15, -0.1) is 12.4 Å². The molecule has 4 nitrogen and oxygen atoms in total. The van der Waals surface area contributed by atoms with Crippen LogP contribution >= 0.6 is 35.6 Å². The van der Waals surface area contributed by atoms with Crippen molar-refractivity contribution in [2.24, 2.45) is 5.73 Å². The second kappa shape index (κ2) is 9.42. The Morgan fingerprint density at radius 3 is 2.65 bits per heavy atom. The van der Waals surface area contributed by atoms with E-state index < -0.39 is 6.04 Å². The van der Waals surface area contributed by atoms with E-state index in [1.165, 1.54) is 7.11 Å². The van der Waals surface area contributed by atoms with E-state index in [1.807, 2.05) is 13.0 Å². The number of nitrogens with one attached hydrogen (secondary N) is 1. The van der Waals surface area contributed by atoms with Crippen molar-refractivity contribution in [3.05, 3.63) is 33.8 Å². The molecule has 0 aliphatic carbocycles. The molecule has 0 fully saturated rings. The molecule has 20 heavy (non-hydrogen) atoms. The molecule has 0 radical (unpaired) electrons. The lowest BCUT2D eigenvalue weighted by Crippen LogP contribution is -2.47. The van der Waals surface area contributed by atoms with Gasteiger partial charge in [0, 0.05) is 23.2 Å². The maximum Gasteiger partial charge on any atom is 0.239 e. The van der Waals surface area contributed by atoms with Crippen molar-refractivity contribution >= 4 is 41.5 Å². The van der Waals surface area contributed by atoms with Crippen LogP contribution in [-0.2, 0) is 16.0 Å². The molecule has 0 aliphatic rings. The summed E-state index contributed by atoms with van der Waals surface area (Å²) < 4.78 is 4.84. The van der Waals surface area contributed by atoms with Gasteiger partial charge in [0.15, 0.2) is 0 Å². The number of rotatable bonds is 6. The fourth-order valence-electron chi connectivity index (χ4n) is 1.67. The number of ether oxygens (including phenoxy) is 1. The van der Waals surface area contributed by atoms with Crippen LogP contribution in [-0.4, -0.2) is 31.7 Å². The monoisotopic (exact) mass is 340 g/mol. The molecule has 0 spiro atoms. The van der Waals surface area contributed by atoms with Crippen LogP contribution in [0.5, 0.6) is 0 Å². The Balaban J connectivity index is 0.00000361. The van der Waals surface area contributed by atoms with Crippen LogP contribution in [0.15, 0.2) is 18.2 Å². The van der Waals surface area contributed by atoms with Gasteiger partial charge in [0.2, 0.25) is 5.91 Å². The molecule has 2 unspecified atom stereocenters. The van der Waals surface area contributed by atoms with Crippen molar-refractivity contribution in [3.8, 4) is 0 Å². The third-order valence-corrected chi connectivity index (χ3v) is 3.20. The zero-order valence-electron chi connectivity index (χ0n) is 11.4. The third kappa shape index (κ3) is 6.29. The normalized spacial score (nSPS) is 13.2. The molecule has 1 rings (SSSR count). The number of methoxy groups -OCH3 is 1. The lowest BCUT2D eigenvalue weighted by Gasteiger charge is -2.17. The Labute approximate surface area is 135 Å². The summed E-state index contributed by atoms with van der Waals surface area (Å²) >= 11 is 11.9. The summed E-state index contributed by atoms with van der Waals surface area (Å²) in [5, 5.41) is 4.00. The Morgan fingerprint density at radius 2 is 2.10 bits per heavy atom. The standard InChI is InChI=1S/C13H18Cl2N2O2.ClH/c1-8(17-13(18)12(16)7-19-2)5-9-3-4-10(14)6-11(9)15;/h3-4,6,8,12H,5,7,16H2,1-2H3,(H,17,18);1H. The smallest absolute Gasteiger partial charge is 0.239 e. The fraction of sp³-hybridized carbons (Fsp3) is 0.462. The first kappa shape index (κ1) is 19.5. The summed E-state index contributed by atoms with van der Waals surface area (Å²) in [5.74, 6) is -0.237. The zero-order valence-corrected chi connectivity index (χ0v) is 13.7. The van der Waals surface area contributed by atoms with Gasteiger partial charge in [0.25, 0.3) is 0 Å². The number of carbonyl (C=O) groups excluding carboxylic acids is 1. The number of nitrogens with two attached hydrogens (primary N) is 1. The van der Waals surface area contributed by atoms with Crippen molar-refractivity contribution in [2.45, 2.75) is 25.4 Å². The second-order valence-electron chi connectivity index (χ2n) is 4.41. The molecule has 0 saturated carbocycles. The lowest BCUT2D eigenvalue weighted by atomic mass is 10.1. The minimum Gasteiger partial charge on any atom is -0.383 e. The van der Waals surface area contributed by atoms with Crippen LogP contribution in [0.2, 0.25) is 10.0 Å². The SMILES string of the molecule is COCC(N)C(=O)NC(C)Cc1ccc(Cl)cc1Cl.Cl. The minimum absolute atomic E-state index is 0. The first-order chi connectivity index (χ1) is 8.93. The molecule has 2 atom stereocenters. The zero-order chi connectivity index (χ0) is 14.4. The Morgan fingerprint density at radius 1 is 1.45 bits per heavy atom. The number of carbonyl (C=O) groups is 1. The van der Waals surface area contributed by atoms with Gasteiger partial charge in [-0.1, -0.05) is 29.3 Å². The van der Waals surface area contributed by atoms with E-state index in [1.54, 1.807) is 12.1 Å². The molecule has 3 N–H and O–H groups in total. The minimum atomic E-state index is -0.659. The summed E-state index contributed by atoms with van der Waals surface area (Å²) in [6, 6.07) is 4.57. The highest BCUT2D eigenvalue weighted by molar-refractivity contribution is 6.35. The van der Waals surface area contributed by atoms with E-state index in [2.05, 4.69) is 5.32 Å². The van der Waals surface area contributed by atoms with Gasteiger partial charge in [-0.25, -0.2) is 0 Å². The molecule has 0 heterocycles. The highest BCUT2D eigenvalue weighted by Crippen LogP contribution is 2.22. The first-order valence-electron chi connectivity index (χ1n) is 5.93. The van der Waals surface area contributed by atoms with Gasteiger partial charge in [-0.2, -0.15) is 0 Å². The summed E-state index contributed by atoms with van der Waals surface area (Å²) in [4.78, 5) is 11.7. The quantitative estimate of drug-likeness (QED) is 0.835. The lowest BCUT2D eigenvalue weighted by molar-refractivity contribution is -0.124. The van der Waals surface area contributed by atoms with Crippen LogP contribution < -0.4 is 11.1 Å². The molecule has 7 heteroatoms. The molecule has 1 aromatic rings. The summed E-state index contributed by atoms with van der Waals surface area (Å²) in [6.07, 6.45) is 0.613. The van der Waals surface area contributed by atoms with Crippen LogP contribution in [0.1, 0.15) is 12.5 Å². The molecule has 0 bridgehead atoms. The van der Waals surface area contributed by atoms with Crippen molar-refractivity contribution in [1.82, 2.24) is 5.32 Å². The van der Waals surface area contributed by atoms with E-state index in [0.29, 0.717) is 16.5 Å². The molecule has 0 aromatic heterocycles. The van der Waals surface area contributed by atoms with Crippen molar-refractivity contribution < 1.29 is 9.53 Å². The van der Waals surface area contributed by atoms with Crippen LogP contribution in [0.3, 0.4) is 0 Å². The van der Waals surface area contributed by atoms with Crippen LogP contribution in [0, 0.1) is 0 Å². The van der Waals surface area contributed by atoms with E-state index in [4.69, 9.17) is 33.7 Å². The predicted octanol–water partition coefficient (Wildman–Crippen LogP) is 2.44. The largest absolute Gasteiger partial charge is 0.383 e. The van der Waals surface area contributed by atoms with Crippen LogP contribution in [0.4, 0.5) is 0 Å². The molecular weight excluding hydrogens is 323 g/mol. The maximum atomic E-state index is 11.7. The molecule has 1 aromatic carbocycles. The topological polar surface area (TPSA) is 64.3 Å². The van der Waals surface area contributed by atoms with Gasteiger partial charge in [-0.05, 0) is 31.0 Å². The van der Waals surface area contributed by atoms with Gasteiger partial charge in [0.1, 0.15) is 6.04 Å². The maximum absolute atomic E-state index is 11.7. The number of amides is 1. The number of benzene rings is 1. The molecule has 1 amide bonds. The molecular formula is C13H19Cl3N2O2. The highest BCUT2D eigenvalue weighted by Gasteiger charge is 2.16. The van der Waals surface area contributed by atoms with E-state index >= 15 is 0 Å². The highest BCUT2D eigenvalue weighted by atomic mass is 35.5. The second-order valence-corrected chi connectivity index (χ2v) is 5.25. The number of halogens is 3. The van der Waals surface area contributed by atoms with Gasteiger partial charge in [-0.3, -0.25) is 4.79 Å². The van der Waals surface area contributed by atoms with Gasteiger partial charge in [0.05, 0.1) is 6.61 Å². The average molecular weight is 342 g/mol. The van der Waals surface area contributed by atoms with E-state index in [-0.39, 0.29) is 31.0 Å². The summed E-state index contributed by atoms with van der Waals surface area (Å²) in [6.45, 7) is 2.09. The number of hydrogen-bond donors (Lipinski definition) is 2. The predicted molar refractivity (Wildman–Crippen MR) is 84.9 cm³/mol. The van der Waals surface area contributed by atoms with Crippen LogP contribution in [0.25, 0.3) is 0 Å². The van der Waals surface area contributed by atoms with Gasteiger partial charge >= 0.3 is 0 Å². The first-order valence-corrected chi connectivity index (χ1v) is 6.68. The number of hydrogen-bond acceptors (Lipinski definition) is 3. The van der Waals surface area contributed by atoms with Crippen molar-refractivity contribution in [2.75, 3.05) is 13.7 Å². The van der Waals surface area contributed by atoms with E-state index in [9.17, 15) is 4.79 Å². The van der Waals surface area contributed by atoms with E-state index in [0.717, 1.165) is 5.56 Å². The average Bonchev–Trinajstić information content (AvgIpc) is 2.33. The van der Waals surface area contributed by atoms with Crippen molar-refractivity contribution in [1.29, 1.82) is 0 Å². The Kier molecular flexibility index (Phi) is 9.18. The van der Waals surface area contributed by atoms with Crippen molar-refractivity contribution in [3.63, 3.8) is 0 Å². The molecule has 0 aliphatic heterocycles. The summed E-state index contributed by atoms with van der Waals surface area (Å²) in [5.41, 5.74) is 6.57. The third-order valence-electron chi connectivity index (χ3n) is 2.61. The Hall–Kier alpha value is -0.520. The summed E-state index contributed by atoms with van der Waals surface area (Å²) in [7, 11) is 1.50. The molecule has 114 valence electrons. The van der Waals surface area contributed by atoms with Gasteiger partial charge < -0.3 is 15.8 Å². The Bertz CT molecular complexity index is 444.